The molecular formula is C19H31IN4O3. The summed E-state index contributed by atoms with van der Waals surface area (Å²) in [5.74, 6) is 0.621. The minimum atomic E-state index is -0.330. The molecule has 1 aliphatic heterocycles. The zero-order valence-corrected chi connectivity index (χ0v) is 18.8. The molecule has 7 nitrogen and oxygen atoms in total. The molecular weight excluding hydrogens is 459 g/mol. The maximum Gasteiger partial charge on any atom is 0.253 e. The molecule has 1 aromatic carbocycles. The maximum absolute atomic E-state index is 12.2. The van der Waals surface area contributed by atoms with E-state index in [4.69, 9.17) is 9.47 Å². The Morgan fingerprint density at radius 3 is 2.78 bits per heavy atom. The van der Waals surface area contributed by atoms with Crippen molar-refractivity contribution in [3.05, 3.63) is 29.8 Å². The summed E-state index contributed by atoms with van der Waals surface area (Å²) < 4.78 is 10.8. The largest absolute Gasteiger partial charge is 0.377 e. The molecule has 1 saturated heterocycles. The third-order valence-electron chi connectivity index (χ3n) is 4.33. The number of aliphatic imine (C=N–C) groups is 1. The molecule has 1 aromatic rings. The number of guanidine groups is 1. The summed E-state index contributed by atoms with van der Waals surface area (Å²) in [7, 11) is 3.42. The zero-order valence-electron chi connectivity index (χ0n) is 16.5. The lowest BCUT2D eigenvalue weighted by Gasteiger charge is -2.24. The minimum Gasteiger partial charge on any atom is -0.377 e. The van der Waals surface area contributed by atoms with E-state index < -0.39 is 0 Å². The summed E-state index contributed by atoms with van der Waals surface area (Å²) in [4.78, 5) is 16.4. The number of anilines is 1. The van der Waals surface area contributed by atoms with E-state index in [1.165, 1.54) is 0 Å². The van der Waals surface area contributed by atoms with Crippen LogP contribution in [-0.2, 0) is 20.8 Å². The summed E-state index contributed by atoms with van der Waals surface area (Å²) in [6, 6.07) is 7.75. The number of ether oxygens (including phenoxy) is 2. The van der Waals surface area contributed by atoms with Crippen molar-refractivity contribution in [2.45, 2.75) is 44.9 Å². The van der Waals surface area contributed by atoms with Crippen molar-refractivity contribution in [3.8, 4) is 0 Å². The smallest absolute Gasteiger partial charge is 0.253 e. The van der Waals surface area contributed by atoms with E-state index in [9.17, 15) is 4.79 Å². The van der Waals surface area contributed by atoms with Gasteiger partial charge in [-0.3, -0.25) is 9.79 Å². The lowest BCUT2D eigenvalue weighted by Crippen LogP contribution is -2.45. The number of amides is 1. The van der Waals surface area contributed by atoms with Gasteiger partial charge >= 0.3 is 0 Å². The van der Waals surface area contributed by atoms with Crippen LogP contribution in [0.15, 0.2) is 29.3 Å². The monoisotopic (exact) mass is 490 g/mol. The van der Waals surface area contributed by atoms with Crippen LogP contribution in [0.25, 0.3) is 0 Å². The van der Waals surface area contributed by atoms with Gasteiger partial charge in [0.15, 0.2) is 5.96 Å². The van der Waals surface area contributed by atoms with Gasteiger partial charge in [-0.1, -0.05) is 12.1 Å². The Balaban J connectivity index is 0.00000364. The highest BCUT2D eigenvalue weighted by Crippen LogP contribution is 2.16. The molecule has 1 amide bonds. The third kappa shape index (κ3) is 8.02. The standard InChI is InChI=1S/C19H30N4O3.HI/c1-19(2,25-4)13-22-18(20-3)21-12-14-7-5-8-15(11-14)23-17(24)16-9-6-10-26-16;/h5,7-8,11,16H,6,9-10,12-13H2,1-4H3,(H,23,24)(H2,20,21,22);1H. The minimum absolute atomic E-state index is 0. The number of nitrogens with zero attached hydrogens (tertiary/aromatic N) is 1. The highest BCUT2D eigenvalue weighted by atomic mass is 127. The highest BCUT2D eigenvalue weighted by molar-refractivity contribution is 14.0. The van der Waals surface area contributed by atoms with Crippen LogP contribution in [0.4, 0.5) is 5.69 Å². The van der Waals surface area contributed by atoms with Crippen molar-refractivity contribution in [2.75, 3.05) is 32.6 Å². The van der Waals surface area contributed by atoms with Crippen molar-refractivity contribution in [3.63, 3.8) is 0 Å². The van der Waals surface area contributed by atoms with E-state index in [1.807, 2.05) is 38.1 Å². The van der Waals surface area contributed by atoms with Gasteiger partial charge in [0, 0.05) is 39.5 Å². The number of benzene rings is 1. The molecule has 3 N–H and O–H groups in total. The van der Waals surface area contributed by atoms with Gasteiger partial charge in [-0.15, -0.1) is 24.0 Å². The molecule has 0 spiro atoms. The fraction of sp³-hybridized carbons (Fsp3) is 0.579. The summed E-state index contributed by atoms with van der Waals surface area (Å²) in [5, 5.41) is 9.43. The van der Waals surface area contributed by atoms with Crippen LogP contribution in [-0.4, -0.2) is 50.9 Å². The van der Waals surface area contributed by atoms with E-state index in [-0.39, 0.29) is 41.6 Å². The predicted molar refractivity (Wildman–Crippen MR) is 119 cm³/mol. The first-order valence-corrected chi connectivity index (χ1v) is 8.94. The molecule has 0 aromatic heterocycles. The van der Waals surface area contributed by atoms with Crippen LogP contribution in [0, 0.1) is 0 Å². The SMILES string of the molecule is CN=C(NCc1cccc(NC(=O)C2CCCO2)c1)NCC(C)(C)OC.I. The Hall–Kier alpha value is -1.39. The zero-order chi connectivity index (χ0) is 19.0. The van der Waals surface area contributed by atoms with Gasteiger partial charge in [0.1, 0.15) is 6.10 Å². The fourth-order valence-corrected chi connectivity index (χ4v) is 2.54. The van der Waals surface area contributed by atoms with Crippen molar-refractivity contribution >= 4 is 41.5 Å². The predicted octanol–water partition coefficient (Wildman–Crippen LogP) is 2.51. The number of hydrogen-bond donors (Lipinski definition) is 3. The van der Waals surface area contributed by atoms with Gasteiger partial charge in [-0.2, -0.15) is 0 Å². The van der Waals surface area contributed by atoms with Gasteiger partial charge in [0.05, 0.1) is 5.60 Å². The number of hydrogen-bond acceptors (Lipinski definition) is 4. The number of carbonyl (C=O) groups is 1. The van der Waals surface area contributed by atoms with E-state index in [0.29, 0.717) is 25.7 Å². The summed E-state index contributed by atoms with van der Waals surface area (Å²) in [6.07, 6.45) is 1.39. The molecule has 27 heavy (non-hydrogen) atoms. The second kappa shape index (κ2) is 11.5. The Kier molecular flexibility index (Phi) is 10.0. The van der Waals surface area contributed by atoms with Gasteiger partial charge in [-0.25, -0.2) is 0 Å². The molecule has 1 heterocycles. The topological polar surface area (TPSA) is 84.0 Å². The second-order valence-corrected chi connectivity index (χ2v) is 6.93. The normalized spacial score (nSPS) is 17.2. The molecule has 0 aliphatic carbocycles. The average molecular weight is 490 g/mol. The van der Waals surface area contributed by atoms with E-state index in [1.54, 1.807) is 14.2 Å². The molecule has 0 saturated carbocycles. The Labute approximate surface area is 178 Å². The molecule has 8 heteroatoms. The number of rotatable bonds is 7. The molecule has 2 rings (SSSR count). The van der Waals surface area contributed by atoms with Crippen LogP contribution in [0.1, 0.15) is 32.3 Å². The Morgan fingerprint density at radius 2 is 2.15 bits per heavy atom. The first-order valence-electron chi connectivity index (χ1n) is 8.94. The summed E-state index contributed by atoms with van der Waals surface area (Å²) in [6.45, 7) is 5.91. The number of halogens is 1. The van der Waals surface area contributed by atoms with Crippen LogP contribution in [0.3, 0.4) is 0 Å². The quantitative estimate of drug-likeness (QED) is 0.311. The van der Waals surface area contributed by atoms with Gasteiger partial charge in [0.2, 0.25) is 0 Å². The van der Waals surface area contributed by atoms with E-state index >= 15 is 0 Å². The van der Waals surface area contributed by atoms with Crippen molar-refractivity contribution < 1.29 is 14.3 Å². The van der Waals surface area contributed by atoms with Crippen LogP contribution >= 0.6 is 24.0 Å². The van der Waals surface area contributed by atoms with Crippen LogP contribution in [0.2, 0.25) is 0 Å². The van der Waals surface area contributed by atoms with Gasteiger partial charge in [0.25, 0.3) is 5.91 Å². The highest BCUT2D eigenvalue weighted by Gasteiger charge is 2.23. The van der Waals surface area contributed by atoms with Crippen LogP contribution < -0.4 is 16.0 Å². The van der Waals surface area contributed by atoms with Gasteiger partial charge in [-0.05, 0) is 44.4 Å². The number of nitrogens with one attached hydrogen (secondary N) is 3. The second-order valence-electron chi connectivity index (χ2n) is 6.93. The lowest BCUT2D eigenvalue weighted by molar-refractivity contribution is -0.124. The van der Waals surface area contributed by atoms with E-state index in [0.717, 1.165) is 24.1 Å². The number of methoxy groups -OCH3 is 1. The van der Waals surface area contributed by atoms with Gasteiger partial charge < -0.3 is 25.4 Å². The van der Waals surface area contributed by atoms with Crippen molar-refractivity contribution in [1.82, 2.24) is 10.6 Å². The molecule has 1 fully saturated rings. The first-order chi connectivity index (χ1) is 12.4. The van der Waals surface area contributed by atoms with E-state index in [2.05, 4.69) is 20.9 Å². The van der Waals surface area contributed by atoms with Crippen LogP contribution in [0.5, 0.6) is 0 Å². The molecule has 1 aliphatic rings. The maximum atomic E-state index is 12.2. The molecule has 152 valence electrons. The third-order valence-corrected chi connectivity index (χ3v) is 4.33. The van der Waals surface area contributed by atoms with Crippen molar-refractivity contribution in [2.24, 2.45) is 4.99 Å². The number of carbonyl (C=O) groups excluding carboxylic acids is 1. The first kappa shape index (κ1) is 23.6. The lowest BCUT2D eigenvalue weighted by atomic mass is 10.1. The molecule has 1 atom stereocenters. The molecule has 0 radical (unpaired) electrons. The fourth-order valence-electron chi connectivity index (χ4n) is 2.54. The molecule has 1 unspecified atom stereocenters. The van der Waals surface area contributed by atoms with Crippen molar-refractivity contribution in [1.29, 1.82) is 0 Å². The molecule has 0 bridgehead atoms. The Morgan fingerprint density at radius 1 is 1.37 bits per heavy atom. The Bertz CT molecular complexity index is 631. The summed E-state index contributed by atoms with van der Waals surface area (Å²) >= 11 is 0. The summed E-state index contributed by atoms with van der Waals surface area (Å²) in [5.41, 5.74) is 1.54. The average Bonchev–Trinajstić information content (AvgIpc) is 3.17.